The number of nitrogens with one attached hydrogen (secondary N) is 3. The summed E-state index contributed by atoms with van der Waals surface area (Å²) in [6, 6.07) is 32.8. The molecule has 94 heavy (non-hydrogen) atoms. The van der Waals surface area contributed by atoms with Crippen molar-refractivity contribution in [2.45, 2.75) is 145 Å². The monoisotopic (exact) mass is 1320 g/mol. The Hall–Kier alpha value is -9.63. The summed E-state index contributed by atoms with van der Waals surface area (Å²) < 4.78 is 147. The molecule has 3 aliphatic rings. The summed E-state index contributed by atoms with van der Waals surface area (Å²) in [5.74, 6) is 0.585. The van der Waals surface area contributed by atoms with Crippen molar-refractivity contribution in [2.24, 2.45) is 0 Å². The van der Waals surface area contributed by atoms with Crippen LogP contribution in [0.1, 0.15) is 176 Å². The second-order valence-electron chi connectivity index (χ2n) is 22.1. The average Bonchev–Trinajstić information content (AvgIpc) is 1.60. The van der Waals surface area contributed by atoms with Crippen LogP contribution in [0.2, 0.25) is 0 Å². The van der Waals surface area contributed by atoms with E-state index in [1.807, 2.05) is 91.0 Å². The number of aromatic nitrogens is 9. The highest BCUT2D eigenvalue weighted by molar-refractivity contribution is 5.94. The molecular formula is C61H61F9N12O12. The molecule has 0 spiro atoms. The zero-order valence-electron chi connectivity index (χ0n) is 50.3. The number of benzene rings is 3. The number of rotatable bonds is 19. The van der Waals surface area contributed by atoms with E-state index in [4.69, 9.17) is 36.3 Å². The van der Waals surface area contributed by atoms with Crippen molar-refractivity contribution in [2.75, 3.05) is 13.2 Å². The number of hydrogen-bond acceptors (Lipinski definition) is 21. The Labute approximate surface area is 527 Å². The fourth-order valence-electron chi connectivity index (χ4n) is 9.28. The number of carbonyl (C=O) groups excluding carboxylic acids is 3. The second-order valence-corrected chi connectivity index (χ2v) is 22.1. The van der Waals surface area contributed by atoms with Crippen molar-refractivity contribution >= 4 is 17.7 Å². The van der Waals surface area contributed by atoms with Crippen LogP contribution in [-0.4, -0.2) is 119 Å². The minimum absolute atomic E-state index is 0.0122. The molecule has 33 heteroatoms. The highest BCUT2D eigenvalue weighted by Crippen LogP contribution is 2.40. The number of alkyl halides is 9. The number of aliphatic hydroxyl groups is 1. The first-order valence-corrected chi connectivity index (χ1v) is 29.3. The van der Waals surface area contributed by atoms with Gasteiger partial charge < -0.3 is 57.4 Å². The molecule has 0 radical (unpaired) electrons. The molecule has 0 bridgehead atoms. The van der Waals surface area contributed by atoms with E-state index in [1.54, 1.807) is 25.1 Å². The maximum Gasteiger partial charge on any atom is 0.411 e. The predicted octanol–water partition coefficient (Wildman–Crippen LogP) is 12.5. The van der Waals surface area contributed by atoms with Crippen LogP contribution in [-0.2, 0) is 9.47 Å². The maximum absolute atomic E-state index is 12.4. The molecule has 0 saturated heterocycles. The molecule has 0 aliphatic heterocycles. The molecule has 24 nitrogen and oxygen atoms in total. The van der Waals surface area contributed by atoms with E-state index >= 15 is 0 Å². The molecule has 6 aromatic heterocycles. The van der Waals surface area contributed by atoms with Gasteiger partial charge in [0.25, 0.3) is 17.7 Å². The molecule has 3 aromatic carbocycles. The van der Waals surface area contributed by atoms with E-state index in [9.17, 15) is 59.0 Å². The van der Waals surface area contributed by atoms with Crippen molar-refractivity contribution in [3.05, 3.63) is 162 Å². The van der Waals surface area contributed by atoms with Crippen molar-refractivity contribution in [3.8, 4) is 33.8 Å². The number of carbonyl (C=O) groups is 3. The van der Waals surface area contributed by atoms with Crippen LogP contribution >= 0.6 is 0 Å². The fraction of sp³-hybridized carbons (Fsp3) is 0.410. The summed E-state index contributed by atoms with van der Waals surface area (Å²) in [5, 5.41) is 52.9. The molecule has 4 N–H and O–H groups in total. The minimum atomic E-state index is -4.43. The maximum atomic E-state index is 12.4. The summed E-state index contributed by atoms with van der Waals surface area (Å²) in [4.78, 5) is 37.1. The molecule has 3 fully saturated rings. The van der Waals surface area contributed by atoms with Crippen LogP contribution < -0.4 is 16.0 Å². The SMILES string of the molecule is CCC(F)(F)F.C[C@@H](O)c1nnc(C2CC(NC(=O)c3cc(-c4ccccc4)no3)C2)o1.C[C@@H](OCC(F)(F)F)c1nnc(C2CC(NC(=O)c3cc(-c4ccccc4)no3)C2)o1.C[C@H](OCC(F)(F)F)c1nnc(C2CC(NC(=O)c3cc(-c4ccccc4)no3)C2)o1. The highest BCUT2D eigenvalue weighted by atomic mass is 19.4. The molecule has 0 unspecified atom stereocenters. The van der Waals surface area contributed by atoms with E-state index in [0.29, 0.717) is 73.3 Å². The van der Waals surface area contributed by atoms with Crippen molar-refractivity contribution in [1.82, 2.24) is 62.0 Å². The lowest BCUT2D eigenvalue weighted by molar-refractivity contribution is -0.186. The number of hydrogen-bond donors (Lipinski definition) is 4. The van der Waals surface area contributed by atoms with E-state index in [2.05, 4.69) is 62.0 Å². The van der Waals surface area contributed by atoms with Crippen LogP contribution in [0.3, 0.4) is 0 Å². The lowest BCUT2D eigenvalue weighted by atomic mass is 9.80. The minimum Gasteiger partial charge on any atom is -0.422 e. The number of aliphatic hydroxyl groups excluding tert-OH is 1. The topological polar surface area (TPSA) is 321 Å². The Bertz CT molecular complexity index is 3690. The molecular weight excluding hydrogens is 1260 g/mol. The molecule has 9 aromatic rings. The third kappa shape index (κ3) is 19.5. The van der Waals surface area contributed by atoms with E-state index in [-0.39, 0.29) is 88.6 Å². The van der Waals surface area contributed by atoms with Gasteiger partial charge in [-0.05, 0) is 59.3 Å². The van der Waals surface area contributed by atoms with Crippen molar-refractivity contribution in [3.63, 3.8) is 0 Å². The van der Waals surface area contributed by atoms with Gasteiger partial charge in [0, 0.05) is 77.2 Å². The number of nitrogens with zero attached hydrogens (tertiary/aromatic N) is 9. The van der Waals surface area contributed by atoms with Gasteiger partial charge in [-0.1, -0.05) is 113 Å². The summed E-state index contributed by atoms with van der Waals surface area (Å²) in [6.45, 7) is 2.69. The Morgan fingerprint density at radius 1 is 0.468 bits per heavy atom. The number of amides is 3. The zero-order chi connectivity index (χ0) is 67.3. The summed E-state index contributed by atoms with van der Waals surface area (Å²) in [6.07, 6.45) is -12.6. The molecule has 12 rings (SSSR count). The van der Waals surface area contributed by atoms with Gasteiger partial charge in [-0.25, -0.2) is 0 Å². The normalized spacial score (nSPS) is 19.3. The van der Waals surface area contributed by atoms with Gasteiger partial charge in [0.2, 0.25) is 52.6 Å². The summed E-state index contributed by atoms with van der Waals surface area (Å²) in [5.41, 5.74) is 4.34. The van der Waals surface area contributed by atoms with E-state index < -0.39 is 56.5 Å². The van der Waals surface area contributed by atoms with Crippen molar-refractivity contribution < 1.29 is 95.3 Å². The summed E-state index contributed by atoms with van der Waals surface area (Å²) >= 11 is 0. The summed E-state index contributed by atoms with van der Waals surface area (Å²) in [7, 11) is 0. The Morgan fingerprint density at radius 3 is 1.00 bits per heavy atom. The Kier molecular flexibility index (Phi) is 22.2. The molecule has 3 aliphatic carbocycles. The van der Waals surface area contributed by atoms with Crippen LogP contribution in [0.25, 0.3) is 33.8 Å². The smallest absolute Gasteiger partial charge is 0.411 e. The predicted molar refractivity (Wildman–Crippen MR) is 306 cm³/mol. The van der Waals surface area contributed by atoms with Gasteiger partial charge in [-0.15, -0.1) is 30.6 Å². The van der Waals surface area contributed by atoms with Crippen LogP contribution in [0.15, 0.2) is 136 Å². The first-order chi connectivity index (χ1) is 44.7. The van der Waals surface area contributed by atoms with Crippen LogP contribution in [0.5, 0.6) is 0 Å². The second kappa shape index (κ2) is 30.4. The number of ether oxygens (including phenoxy) is 2. The lowest BCUT2D eigenvalue weighted by Crippen LogP contribution is -2.43. The first kappa shape index (κ1) is 68.7. The van der Waals surface area contributed by atoms with Crippen LogP contribution in [0.4, 0.5) is 39.5 Å². The molecule has 3 saturated carbocycles. The van der Waals surface area contributed by atoms with E-state index in [1.165, 1.54) is 13.8 Å². The van der Waals surface area contributed by atoms with Gasteiger partial charge in [-0.3, -0.25) is 14.4 Å². The molecule has 500 valence electrons. The van der Waals surface area contributed by atoms with E-state index in [0.717, 1.165) is 23.6 Å². The quantitative estimate of drug-likeness (QED) is 0.0547. The standard InChI is InChI=1S/2C20H19F3N4O4.C18H18N4O4.C3H5F3/c2*1-11(29-10-20(21,22)23)18-25-26-19(30-18)13-7-14(8-13)24-17(28)16-9-15(27-31-16)12-5-3-2-4-6-12;1-10(23)17-20-21-18(25-17)12-7-13(8-12)19-16(24)15-9-14(22-26-15)11-5-3-2-4-6-11;1-2-3(4,5)6/h2*2-6,9,11,13-14H,7-8,10H2,1H3,(H,24,28);2-6,9-10,12-13,23H,7-8H2,1H3,(H,19,24);2H2,1H3/t2*11-,13?,14?;10-,12?,13?;/m101./s1. The van der Waals surface area contributed by atoms with Gasteiger partial charge in [-0.2, -0.15) is 39.5 Å². The molecule has 3 amide bonds. The third-order valence-electron chi connectivity index (χ3n) is 14.7. The largest absolute Gasteiger partial charge is 0.422 e. The highest BCUT2D eigenvalue weighted by Gasteiger charge is 2.40. The third-order valence-corrected chi connectivity index (χ3v) is 14.7. The van der Waals surface area contributed by atoms with Gasteiger partial charge in [0.05, 0.1) is 0 Å². The average molecular weight is 1330 g/mol. The fourth-order valence-corrected chi connectivity index (χ4v) is 9.28. The van der Waals surface area contributed by atoms with Crippen LogP contribution in [0, 0.1) is 0 Å². The van der Waals surface area contributed by atoms with Gasteiger partial charge in [0.15, 0.2) is 0 Å². The number of halogens is 9. The first-order valence-electron chi connectivity index (χ1n) is 29.3. The van der Waals surface area contributed by atoms with Gasteiger partial charge >= 0.3 is 18.5 Å². The molecule has 3 atom stereocenters. The Morgan fingerprint density at radius 2 is 0.745 bits per heavy atom. The lowest BCUT2D eigenvalue weighted by Gasteiger charge is -2.33. The van der Waals surface area contributed by atoms with Gasteiger partial charge in [0.1, 0.15) is 48.6 Å². The van der Waals surface area contributed by atoms with Crippen molar-refractivity contribution in [1.29, 1.82) is 0 Å². The Balaban J connectivity index is 0.000000159. The molecule has 6 heterocycles. The zero-order valence-corrected chi connectivity index (χ0v) is 50.3.